The highest BCUT2D eigenvalue weighted by atomic mass is 19.4. The van der Waals surface area contributed by atoms with Crippen molar-refractivity contribution in [2.75, 3.05) is 4.90 Å². The number of nitrogens with zero attached hydrogens (tertiary/aromatic N) is 4. The number of amides is 6. The van der Waals surface area contributed by atoms with Gasteiger partial charge in [-0.25, -0.2) is 9.59 Å². The number of primary amides is 2. The Bertz CT molecular complexity index is 1740. The van der Waals surface area contributed by atoms with Crippen molar-refractivity contribution in [1.29, 1.82) is 0 Å². The van der Waals surface area contributed by atoms with Gasteiger partial charge in [0.2, 0.25) is 11.4 Å². The van der Waals surface area contributed by atoms with Crippen LogP contribution in [0.2, 0.25) is 0 Å². The Morgan fingerprint density at radius 3 is 1.10 bits per heavy atom. The standard InChI is InChI=1S/C41H62F12N10O8/c1-5-9-13-17-25(57-30(64)38(42,43)44)23-36(70-34(54)68,27(19-15-11-7-3)59-32(66)40(48,49)50)63(29-21-22-56-62-61-29)37(71-35(55)69,28(20-16-12-8-4)60-33(67)41(51,52)53)24-26(18-14-10-6-2)58-31(65)39(45,46)47/h21-22,25-28H,5-20,23-24H2,1-4H3,(H2,54,68)(H2,55,69)(H,57,64)(H,58,65)(H,59,66)(H,60,67). The lowest BCUT2D eigenvalue weighted by Crippen LogP contribution is -2.78. The van der Waals surface area contributed by atoms with Crippen LogP contribution >= 0.6 is 0 Å². The molecule has 30 heteroatoms. The largest absolute Gasteiger partial charge is 0.471 e. The van der Waals surface area contributed by atoms with Crippen LogP contribution < -0.4 is 37.6 Å². The molecule has 0 fully saturated rings. The summed E-state index contributed by atoms with van der Waals surface area (Å²) in [6.45, 7) is 6.41. The molecule has 1 aromatic rings. The molecule has 6 atom stereocenters. The number of aromatic nitrogens is 3. The van der Waals surface area contributed by atoms with E-state index in [-0.39, 0.29) is 69.1 Å². The average molecular weight is 1050 g/mol. The van der Waals surface area contributed by atoms with Crippen molar-refractivity contribution in [2.45, 2.75) is 204 Å². The van der Waals surface area contributed by atoms with E-state index in [0.29, 0.717) is 25.1 Å². The first-order valence-electron chi connectivity index (χ1n) is 22.8. The zero-order valence-electron chi connectivity index (χ0n) is 39.4. The summed E-state index contributed by atoms with van der Waals surface area (Å²) < 4.78 is 183. The number of carbonyl (C=O) groups excluding carboxylic acids is 6. The zero-order chi connectivity index (χ0) is 54.4. The molecular weight excluding hydrogens is 988 g/mol. The molecule has 0 saturated carbocycles. The molecule has 0 saturated heterocycles. The number of ether oxygens (including phenoxy) is 2. The number of carbonyl (C=O) groups is 6. The highest BCUT2D eigenvalue weighted by molar-refractivity contribution is 5.84. The Kier molecular flexibility index (Phi) is 25.4. The second-order valence-corrected chi connectivity index (χ2v) is 16.6. The number of rotatable bonds is 31. The van der Waals surface area contributed by atoms with Crippen molar-refractivity contribution >= 4 is 41.6 Å². The van der Waals surface area contributed by atoms with Crippen LogP contribution in [-0.4, -0.2) is 112 Å². The molecule has 6 amide bonds. The van der Waals surface area contributed by atoms with Gasteiger partial charge in [0.1, 0.15) is 0 Å². The molecule has 1 rings (SSSR count). The van der Waals surface area contributed by atoms with E-state index in [1.54, 1.807) is 49.0 Å². The molecule has 0 bridgehead atoms. The molecule has 0 aliphatic carbocycles. The van der Waals surface area contributed by atoms with Crippen LogP contribution in [0, 0.1) is 0 Å². The van der Waals surface area contributed by atoms with Gasteiger partial charge < -0.3 is 42.2 Å². The highest BCUT2D eigenvalue weighted by Gasteiger charge is 2.64. The fourth-order valence-corrected chi connectivity index (χ4v) is 7.98. The maximum atomic E-state index is 14.5. The predicted molar refractivity (Wildman–Crippen MR) is 227 cm³/mol. The quantitative estimate of drug-likeness (QED) is 0.0239. The Hall–Kier alpha value is -5.61. The molecule has 408 valence electrons. The van der Waals surface area contributed by atoms with Crippen LogP contribution in [0.5, 0.6) is 0 Å². The first-order valence-corrected chi connectivity index (χ1v) is 22.8. The van der Waals surface area contributed by atoms with Crippen LogP contribution in [0.4, 0.5) is 68.1 Å². The maximum Gasteiger partial charge on any atom is 0.471 e. The highest BCUT2D eigenvalue weighted by Crippen LogP contribution is 2.46. The predicted octanol–water partition coefficient (Wildman–Crippen LogP) is 7.55. The monoisotopic (exact) mass is 1050 g/mol. The third-order valence-electron chi connectivity index (χ3n) is 11.0. The molecule has 0 aliphatic rings. The molecule has 1 heterocycles. The maximum absolute atomic E-state index is 14.5. The number of hydrogen-bond donors (Lipinski definition) is 6. The van der Waals surface area contributed by atoms with Crippen molar-refractivity contribution < 1.29 is 90.9 Å². The smallest absolute Gasteiger partial charge is 0.420 e. The molecule has 71 heavy (non-hydrogen) atoms. The van der Waals surface area contributed by atoms with Gasteiger partial charge in [0.05, 0.1) is 18.3 Å². The summed E-state index contributed by atoms with van der Waals surface area (Å²) >= 11 is 0. The first-order chi connectivity index (χ1) is 32.9. The lowest BCUT2D eigenvalue weighted by molar-refractivity contribution is -0.181. The van der Waals surface area contributed by atoms with E-state index in [1.165, 1.54) is 0 Å². The third kappa shape index (κ3) is 20.6. The lowest BCUT2D eigenvalue weighted by Gasteiger charge is -2.58. The van der Waals surface area contributed by atoms with Crippen LogP contribution in [0.15, 0.2) is 12.3 Å². The van der Waals surface area contributed by atoms with Gasteiger partial charge in [-0.15, -0.1) is 10.2 Å². The van der Waals surface area contributed by atoms with E-state index < -0.39 is 140 Å². The summed E-state index contributed by atoms with van der Waals surface area (Å²) in [5.74, 6) is -12.2. The fraction of sp³-hybridized carbons (Fsp3) is 0.780. The van der Waals surface area contributed by atoms with Gasteiger partial charge in [-0.05, 0) is 30.9 Å². The number of nitrogens with two attached hydrogens (primary N) is 2. The minimum Gasteiger partial charge on any atom is -0.420 e. The second-order valence-electron chi connectivity index (χ2n) is 16.6. The van der Waals surface area contributed by atoms with E-state index in [1.807, 2.05) is 0 Å². The first kappa shape index (κ1) is 63.4. The van der Waals surface area contributed by atoms with Gasteiger partial charge in [0.25, 0.3) is 0 Å². The number of unbranched alkanes of at least 4 members (excludes halogenated alkanes) is 8. The van der Waals surface area contributed by atoms with Gasteiger partial charge in [-0.1, -0.05) is 105 Å². The molecule has 8 N–H and O–H groups in total. The molecule has 0 aliphatic heterocycles. The van der Waals surface area contributed by atoms with E-state index in [9.17, 15) is 81.5 Å². The number of nitrogens with one attached hydrogen (secondary N) is 4. The Morgan fingerprint density at radius 2 is 0.831 bits per heavy atom. The topological polar surface area (TPSA) is 263 Å². The minimum atomic E-state index is -5.87. The fourth-order valence-electron chi connectivity index (χ4n) is 7.98. The van der Waals surface area contributed by atoms with Gasteiger partial charge >= 0.3 is 60.5 Å². The molecule has 6 unspecified atom stereocenters. The third-order valence-corrected chi connectivity index (χ3v) is 11.0. The zero-order valence-corrected chi connectivity index (χ0v) is 39.4. The molecular formula is C41H62F12N10O8. The molecule has 0 aromatic carbocycles. The summed E-state index contributed by atoms with van der Waals surface area (Å²) in [5, 5.41) is 17.2. The molecule has 0 spiro atoms. The summed E-state index contributed by atoms with van der Waals surface area (Å²) in [6.07, 6.45) is -32.0. The van der Waals surface area contributed by atoms with Crippen LogP contribution in [0.25, 0.3) is 0 Å². The van der Waals surface area contributed by atoms with Crippen LogP contribution in [0.3, 0.4) is 0 Å². The van der Waals surface area contributed by atoms with Gasteiger partial charge in [0, 0.05) is 31.0 Å². The summed E-state index contributed by atoms with van der Waals surface area (Å²) in [5.41, 5.74) is 4.05. The second kappa shape index (κ2) is 28.4. The van der Waals surface area contributed by atoms with Crippen LogP contribution in [-0.2, 0) is 28.7 Å². The van der Waals surface area contributed by atoms with Gasteiger partial charge in [0.15, 0.2) is 5.82 Å². The summed E-state index contributed by atoms with van der Waals surface area (Å²) in [7, 11) is 0. The number of hydrogen-bond acceptors (Lipinski definition) is 12. The minimum absolute atomic E-state index is 0.0397. The van der Waals surface area contributed by atoms with E-state index in [4.69, 9.17) is 20.9 Å². The van der Waals surface area contributed by atoms with Crippen LogP contribution in [0.1, 0.15) is 143 Å². The Morgan fingerprint density at radius 1 is 0.521 bits per heavy atom. The Labute approximate surface area is 401 Å². The number of halogens is 12. The summed E-state index contributed by atoms with van der Waals surface area (Å²) in [6, 6.07) is -8.74. The van der Waals surface area contributed by atoms with Crippen molar-refractivity contribution in [1.82, 2.24) is 36.7 Å². The molecule has 18 nitrogen and oxygen atoms in total. The van der Waals surface area contributed by atoms with E-state index in [2.05, 4.69) is 15.4 Å². The van der Waals surface area contributed by atoms with Crippen molar-refractivity contribution in [3.05, 3.63) is 12.3 Å². The normalized spacial score (nSPS) is 15.7. The van der Waals surface area contributed by atoms with Gasteiger partial charge in [-0.2, -0.15) is 52.7 Å². The number of anilines is 1. The molecule has 1 aromatic heterocycles. The SMILES string of the molecule is CCCCCC(CC(OC(N)=O)(C(CCCCC)NC(=O)C(F)(F)F)N(c1ccnnn1)C(CC(CCCCC)NC(=O)C(F)(F)F)(OC(N)=O)C(CCCCC)NC(=O)C(F)(F)F)NC(=O)C(F)(F)F. The number of alkyl halides is 12. The van der Waals surface area contributed by atoms with E-state index in [0.717, 1.165) is 0 Å². The van der Waals surface area contributed by atoms with Crippen molar-refractivity contribution in [3.8, 4) is 0 Å². The van der Waals surface area contributed by atoms with E-state index >= 15 is 0 Å². The van der Waals surface area contributed by atoms with Gasteiger partial charge in [-0.3, -0.25) is 24.1 Å². The molecule has 0 radical (unpaired) electrons. The summed E-state index contributed by atoms with van der Waals surface area (Å²) in [4.78, 5) is 79.4. The Balaban J connectivity index is 5.32. The van der Waals surface area contributed by atoms with Crippen molar-refractivity contribution in [2.24, 2.45) is 11.5 Å². The lowest BCUT2D eigenvalue weighted by atomic mass is 9.81. The van der Waals surface area contributed by atoms with Crippen molar-refractivity contribution in [3.63, 3.8) is 0 Å². The average Bonchev–Trinajstić information content (AvgIpc) is 3.24.